The molecule has 0 fully saturated rings. The molecule has 0 radical (unpaired) electrons. The van der Waals surface area contributed by atoms with Gasteiger partial charge in [-0.25, -0.2) is 0 Å². The average Bonchev–Trinajstić information content (AvgIpc) is 3.17. The second kappa shape index (κ2) is 17.4. The maximum absolute atomic E-state index is 2.66. The Morgan fingerprint density at radius 3 is 1.67 bits per heavy atom. The number of anilines is 3. The van der Waals surface area contributed by atoms with Gasteiger partial charge in [-0.2, -0.15) is 0 Å². The quantitative estimate of drug-likeness (QED) is 0.130. The van der Waals surface area contributed by atoms with Gasteiger partial charge in [-0.1, -0.05) is 237 Å². The van der Waals surface area contributed by atoms with Gasteiger partial charge in [0.15, 0.2) is 0 Å². The number of fused-ring (bicyclic) bond motifs is 12. The van der Waals surface area contributed by atoms with Crippen molar-refractivity contribution in [1.82, 2.24) is 0 Å². The molecule has 0 saturated heterocycles. The number of allylic oxidation sites excluding steroid dienone is 5. The molecule has 372 valence electrons. The lowest BCUT2D eigenvalue weighted by Crippen LogP contribution is -2.18. The Bertz CT molecular complexity index is 4570. The number of hydrogen-bond donors (Lipinski definition) is 0. The molecule has 3 atom stereocenters. The maximum Gasteiger partial charge on any atom is 0.0625 e. The Morgan fingerprint density at radius 1 is 0.443 bits per heavy atom. The standard InChI is InChI=1S/C78H55N/c1-47-44-52-30-21-39-61-68(52)66(45-47)76-75(64(48-22-7-2-8-23-48)46-65-55-35-17-18-36-56(55)65)72-58-40-42-62-69(50-24-9-3-10-25-50)73-59-37-19-28-49-29-20-38-60(67(49)59)74(73)70(51-26-11-4-12-27-51)71(62)57(58)41-43-63(72)78(77(61)76)79(53-31-13-5-14-32-53)54-33-15-6-16-34-54/h2-22,24-43,45,47-48,64-65H,23,44,46H2,1H3. The topological polar surface area (TPSA) is 3.24 Å². The highest BCUT2D eigenvalue weighted by molar-refractivity contribution is 6.34. The van der Waals surface area contributed by atoms with E-state index in [2.05, 4.69) is 267 Å². The van der Waals surface area contributed by atoms with E-state index in [9.17, 15) is 0 Å². The minimum atomic E-state index is 0.198. The molecule has 0 heterocycles. The van der Waals surface area contributed by atoms with Gasteiger partial charge in [0.25, 0.3) is 0 Å². The molecule has 1 heteroatoms. The number of hydrogen-bond acceptors (Lipinski definition) is 1. The Hall–Kier alpha value is -9.30. The first kappa shape index (κ1) is 44.8. The normalized spacial score (nSPS) is 16.5. The molecule has 79 heavy (non-hydrogen) atoms. The molecule has 0 spiro atoms. The molecule has 3 unspecified atom stereocenters. The molecule has 0 saturated carbocycles. The van der Waals surface area contributed by atoms with Crippen molar-refractivity contribution in [1.29, 1.82) is 0 Å². The first-order valence-electron chi connectivity index (χ1n) is 28.6. The lowest BCUT2D eigenvalue weighted by Gasteiger charge is -2.35. The summed E-state index contributed by atoms with van der Waals surface area (Å²) >= 11 is 0. The van der Waals surface area contributed by atoms with Gasteiger partial charge in [-0.3, -0.25) is 0 Å². The van der Waals surface area contributed by atoms with E-state index in [1.807, 2.05) is 0 Å². The fraction of sp³-hybridized carbons (Fsp3) is 0.103. The van der Waals surface area contributed by atoms with E-state index in [1.54, 1.807) is 0 Å². The minimum absolute atomic E-state index is 0.198. The van der Waals surface area contributed by atoms with Crippen LogP contribution in [0.15, 0.2) is 255 Å². The summed E-state index contributed by atoms with van der Waals surface area (Å²) in [5.41, 5.74) is 26.9. The highest BCUT2D eigenvalue weighted by Gasteiger charge is 2.43. The molecular formula is C78H55N. The van der Waals surface area contributed by atoms with Crippen LogP contribution in [0.4, 0.5) is 17.1 Å². The number of rotatable bonds is 9. The van der Waals surface area contributed by atoms with Crippen LogP contribution < -0.4 is 4.90 Å². The van der Waals surface area contributed by atoms with E-state index in [1.165, 1.54) is 143 Å². The lowest BCUT2D eigenvalue weighted by molar-refractivity contribution is 0.476. The summed E-state index contributed by atoms with van der Waals surface area (Å²) in [6, 6.07) is 85.4. The van der Waals surface area contributed by atoms with Crippen molar-refractivity contribution in [3.8, 4) is 55.6 Å². The van der Waals surface area contributed by atoms with E-state index in [-0.39, 0.29) is 5.92 Å². The van der Waals surface area contributed by atoms with Crippen LogP contribution in [0.5, 0.6) is 0 Å². The molecule has 1 nitrogen and oxygen atoms in total. The Balaban J connectivity index is 1.10. The molecule has 12 aromatic rings. The van der Waals surface area contributed by atoms with E-state index in [0.717, 1.165) is 30.6 Å². The number of para-hydroxylation sites is 2. The van der Waals surface area contributed by atoms with Crippen molar-refractivity contribution >= 4 is 65.7 Å². The first-order valence-corrected chi connectivity index (χ1v) is 28.6. The van der Waals surface area contributed by atoms with Gasteiger partial charge in [0, 0.05) is 28.2 Å². The first-order chi connectivity index (χ1) is 39.2. The molecule has 5 aliphatic carbocycles. The molecule has 5 aliphatic rings. The zero-order valence-electron chi connectivity index (χ0n) is 44.1. The zero-order chi connectivity index (χ0) is 51.9. The van der Waals surface area contributed by atoms with Gasteiger partial charge in [-0.15, -0.1) is 0 Å². The van der Waals surface area contributed by atoms with Crippen LogP contribution in [0.1, 0.15) is 65.0 Å². The van der Waals surface area contributed by atoms with E-state index in [0.29, 0.717) is 17.8 Å². The van der Waals surface area contributed by atoms with E-state index >= 15 is 0 Å². The Kier molecular flexibility index (Phi) is 9.84. The summed E-state index contributed by atoms with van der Waals surface area (Å²) in [5.74, 6) is 1.29. The molecule has 0 amide bonds. The molecule has 17 rings (SSSR count). The largest absolute Gasteiger partial charge is 0.309 e. The molecule has 0 bridgehead atoms. The van der Waals surface area contributed by atoms with Gasteiger partial charge in [0.2, 0.25) is 0 Å². The lowest BCUT2D eigenvalue weighted by atomic mass is 9.72. The smallest absolute Gasteiger partial charge is 0.0625 e. The summed E-state index contributed by atoms with van der Waals surface area (Å²) < 4.78 is 0. The van der Waals surface area contributed by atoms with Crippen LogP contribution in [0, 0.1) is 11.8 Å². The second-order valence-corrected chi connectivity index (χ2v) is 22.9. The van der Waals surface area contributed by atoms with Gasteiger partial charge < -0.3 is 4.90 Å². The van der Waals surface area contributed by atoms with E-state index in [4.69, 9.17) is 0 Å². The van der Waals surface area contributed by atoms with Crippen LogP contribution in [-0.2, 0) is 6.42 Å². The predicted molar refractivity (Wildman–Crippen MR) is 334 cm³/mol. The molecule has 0 aromatic heterocycles. The fourth-order valence-electron chi connectivity index (χ4n) is 15.4. The maximum atomic E-state index is 2.66. The summed E-state index contributed by atoms with van der Waals surface area (Å²) in [7, 11) is 0. The highest BCUT2D eigenvalue weighted by atomic mass is 15.1. The van der Waals surface area contributed by atoms with Crippen LogP contribution in [0.3, 0.4) is 0 Å². The van der Waals surface area contributed by atoms with Gasteiger partial charge in [-0.05, 0) is 188 Å². The highest BCUT2D eigenvalue weighted by Crippen LogP contribution is 2.64. The van der Waals surface area contributed by atoms with Gasteiger partial charge in [0.05, 0.1) is 5.69 Å². The second-order valence-electron chi connectivity index (χ2n) is 22.9. The third-order valence-electron chi connectivity index (χ3n) is 18.6. The summed E-state index contributed by atoms with van der Waals surface area (Å²) in [6.07, 6.45) is 15.3. The van der Waals surface area contributed by atoms with Gasteiger partial charge in [0.1, 0.15) is 0 Å². The molecule has 12 aromatic carbocycles. The monoisotopic (exact) mass is 1010 g/mol. The molecule has 0 N–H and O–H groups in total. The third-order valence-corrected chi connectivity index (χ3v) is 18.6. The van der Waals surface area contributed by atoms with Crippen molar-refractivity contribution in [2.45, 2.75) is 38.0 Å². The van der Waals surface area contributed by atoms with Crippen molar-refractivity contribution in [3.05, 3.63) is 288 Å². The molecular weight excluding hydrogens is 951 g/mol. The van der Waals surface area contributed by atoms with Crippen LogP contribution in [-0.4, -0.2) is 0 Å². The molecule has 0 aliphatic heterocycles. The van der Waals surface area contributed by atoms with Crippen molar-refractivity contribution in [3.63, 3.8) is 0 Å². The zero-order valence-corrected chi connectivity index (χ0v) is 44.1. The number of benzene rings is 12. The number of nitrogens with zero attached hydrogens (tertiary/aromatic N) is 1. The van der Waals surface area contributed by atoms with Crippen LogP contribution >= 0.6 is 0 Å². The fourth-order valence-corrected chi connectivity index (χ4v) is 15.4. The summed E-state index contributed by atoms with van der Waals surface area (Å²) in [5, 5.41) is 10.5. The average molecular weight is 1010 g/mol. The van der Waals surface area contributed by atoms with E-state index < -0.39 is 0 Å². The Labute approximate surface area is 461 Å². The van der Waals surface area contributed by atoms with Gasteiger partial charge >= 0.3 is 0 Å². The van der Waals surface area contributed by atoms with Crippen molar-refractivity contribution in [2.24, 2.45) is 11.8 Å². The predicted octanol–water partition coefficient (Wildman–Crippen LogP) is 21.1. The van der Waals surface area contributed by atoms with Crippen molar-refractivity contribution in [2.75, 3.05) is 4.90 Å². The summed E-state index contributed by atoms with van der Waals surface area (Å²) in [6.45, 7) is 2.43. The summed E-state index contributed by atoms with van der Waals surface area (Å²) in [4.78, 5) is 2.60. The SMILES string of the molecule is CC1C=C2c3c(cccc3-c3c2c(C(CC2c4ccccc42)C2C=CC=CC2)c2c(ccc4c2ccc2c(-c5ccccc5)c5c(c(-c6ccccc6)c24)-c2cccc4cccc-5c24)c3N(c2ccccc2)c2ccccc2)C1. The third kappa shape index (κ3) is 6.57. The van der Waals surface area contributed by atoms with Crippen molar-refractivity contribution < 1.29 is 0 Å². The van der Waals surface area contributed by atoms with Crippen LogP contribution in [0.2, 0.25) is 0 Å². The minimum Gasteiger partial charge on any atom is -0.309 e. The van der Waals surface area contributed by atoms with Crippen LogP contribution in [0.25, 0.3) is 104 Å². The Morgan fingerprint density at radius 2 is 1.01 bits per heavy atom.